The van der Waals surface area contributed by atoms with Crippen molar-refractivity contribution in [3.63, 3.8) is 0 Å². The molecule has 118 valence electrons. The summed E-state index contributed by atoms with van der Waals surface area (Å²) in [5.41, 5.74) is 0. The lowest BCUT2D eigenvalue weighted by Gasteiger charge is -2.13. The van der Waals surface area contributed by atoms with Gasteiger partial charge < -0.3 is 0 Å². The summed E-state index contributed by atoms with van der Waals surface area (Å²) in [4.78, 5) is 1.63. The van der Waals surface area contributed by atoms with Crippen molar-refractivity contribution in [1.82, 2.24) is 0 Å². The van der Waals surface area contributed by atoms with E-state index >= 15 is 0 Å². The summed E-state index contributed by atoms with van der Waals surface area (Å²) >= 11 is 0. The van der Waals surface area contributed by atoms with Gasteiger partial charge in [0, 0.05) is 42.8 Å². The highest BCUT2D eigenvalue weighted by atomic mass is 32.2. The summed E-state index contributed by atoms with van der Waals surface area (Å²) in [5.74, 6) is -2.83. The largest absolute Gasteiger partial charge is 0.207 e. The summed E-state index contributed by atoms with van der Waals surface area (Å²) in [7, 11) is -0.929. The molecule has 0 nitrogen and oxygen atoms in total. The van der Waals surface area contributed by atoms with Gasteiger partial charge in [0.15, 0.2) is 9.79 Å². The minimum absolute atomic E-state index is 0.369. The van der Waals surface area contributed by atoms with Gasteiger partial charge in [-0.1, -0.05) is 12.2 Å². The number of allylic oxidation sites excluding steroid dienone is 4. The Morgan fingerprint density at radius 3 is 1.57 bits per heavy atom. The molecule has 2 aromatic carbocycles. The number of halogens is 4. The molecule has 1 aliphatic rings. The Bertz CT molecular complexity index is 704. The van der Waals surface area contributed by atoms with Crippen molar-refractivity contribution in [2.45, 2.75) is 22.6 Å². The minimum atomic E-state index is -0.929. The fourth-order valence-corrected chi connectivity index (χ4v) is 4.82. The lowest BCUT2D eigenvalue weighted by atomic mass is 10.2. The van der Waals surface area contributed by atoms with E-state index in [4.69, 9.17) is 0 Å². The van der Waals surface area contributed by atoms with Gasteiger partial charge in [0.1, 0.15) is 28.2 Å². The highest BCUT2D eigenvalue weighted by Crippen LogP contribution is 2.35. The van der Waals surface area contributed by atoms with Crippen LogP contribution in [0, 0.1) is 23.3 Å². The Labute approximate surface area is 134 Å². The second kappa shape index (κ2) is 6.62. The van der Waals surface area contributed by atoms with Crippen LogP contribution in [0.2, 0.25) is 0 Å². The molecule has 0 unspecified atom stereocenters. The van der Waals surface area contributed by atoms with Crippen LogP contribution in [-0.4, -0.2) is 0 Å². The molecule has 0 radical (unpaired) electrons. The predicted molar refractivity (Wildman–Crippen MR) is 83.1 cm³/mol. The van der Waals surface area contributed by atoms with Crippen LogP contribution in [0.4, 0.5) is 17.6 Å². The summed E-state index contributed by atoms with van der Waals surface area (Å²) in [6.45, 7) is 0. The van der Waals surface area contributed by atoms with Gasteiger partial charge in [-0.2, -0.15) is 0 Å². The van der Waals surface area contributed by atoms with Gasteiger partial charge in [-0.05, 0) is 12.5 Å². The third kappa shape index (κ3) is 3.67. The van der Waals surface area contributed by atoms with Crippen molar-refractivity contribution in [2.75, 3.05) is 0 Å². The zero-order chi connectivity index (χ0) is 16.4. The van der Waals surface area contributed by atoms with Crippen LogP contribution < -0.4 is 0 Å². The third-order valence-electron chi connectivity index (χ3n) is 3.38. The predicted octanol–water partition coefficient (Wildman–Crippen LogP) is 5.51. The Kier molecular flexibility index (Phi) is 4.57. The molecule has 0 saturated carbocycles. The molecule has 1 aliphatic carbocycles. The van der Waals surface area contributed by atoms with Crippen LogP contribution in [0.25, 0.3) is 0 Å². The van der Waals surface area contributed by atoms with E-state index in [1.807, 2.05) is 18.2 Å². The monoisotopic (exact) mass is 337 g/mol. The van der Waals surface area contributed by atoms with Gasteiger partial charge in [0.2, 0.25) is 0 Å². The maximum Gasteiger partial charge on any atom is 0.172 e. The van der Waals surface area contributed by atoms with Gasteiger partial charge >= 0.3 is 0 Å². The van der Waals surface area contributed by atoms with Crippen molar-refractivity contribution < 1.29 is 17.6 Å². The Balaban J connectivity index is 2.17. The summed E-state index contributed by atoms with van der Waals surface area (Å²) in [6.07, 6.45) is 7.13. The van der Waals surface area contributed by atoms with Crippen LogP contribution in [0.1, 0.15) is 12.8 Å². The first kappa shape index (κ1) is 15.9. The second-order valence-electron chi connectivity index (χ2n) is 5.12. The Hall–Kier alpha value is -2.01. The second-order valence-corrected chi connectivity index (χ2v) is 7.20. The van der Waals surface area contributed by atoms with Crippen LogP contribution in [0.5, 0.6) is 0 Å². The molecule has 0 heterocycles. The first-order valence-electron chi connectivity index (χ1n) is 7.05. The van der Waals surface area contributed by atoms with Gasteiger partial charge in [-0.3, -0.25) is 0 Å². The van der Waals surface area contributed by atoms with Crippen molar-refractivity contribution in [3.05, 3.63) is 82.8 Å². The fraction of sp³-hybridized carbons (Fsp3) is 0.111. The third-order valence-corrected chi connectivity index (χ3v) is 5.66. The molecule has 0 aromatic heterocycles. The van der Waals surface area contributed by atoms with Crippen LogP contribution in [-0.2, 0) is 10.9 Å². The van der Waals surface area contributed by atoms with E-state index in [-0.39, 0.29) is 0 Å². The molecule has 23 heavy (non-hydrogen) atoms. The lowest BCUT2D eigenvalue weighted by molar-refractivity contribution is 0.576. The maximum atomic E-state index is 13.6. The van der Waals surface area contributed by atoms with E-state index in [0.717, 1.165) is 23.5 Å². The normalized spacial score (nSPS) is 14.2. The highest BCUT2D eigenvalue weighted by Gasteiger charge is 2.33. The molecule has 0 bridgehead atoms. The van der Waals surface area contributed by atoms with Crippen molar-refractivity contribution in [2.24, 2.45) is 0 Å². The molecule has 0 aliphatic heterocycles. The van der Waals surface area contributed by atoms with E-state index in [0.29, 0.717) is 16.2 Å². The number of rotatable bonds is 3. The van der Waals surface area contributed by atoms with E-state index < -0.39 is 34.2 Å². The van der Waals surface area contributed by atoms with Crippen LogP contribution in [0.3, 0.4) is 0 Å². The smallest absolute Gasteiger partial charge is 0.172 e. The molecule has 0 fully saturated rings. The molecular weight excluding hydrogens is 324 g/mol. The summed E-state index contributed by atoms with van der Waals surface area (Å²) < 4.78 is 54.5. The van der Waals surface area contributed by atoms with Crippen molar-refractivity contribution in [1.29, 1.82) is 0 Å². The van der Waals surface area contributed by atoms with Gasteiger partial charge in [-0.25, -0.2) is 17.6 Å². The zero-order valence-corrected chi connectivity index (χ0v) is 12.8. The van der Waals surface area contributed by atoms with E-state index in [1.54, 1.807) is 0 Å². The molecule has 0 N–H and O–H groups in total. The Morgan fingerprint density at radius 2 is 1.17 bits per heavy atom. The molecular formula is C18H13F4S+. The topological polar surface area (TPSA) is 0 Å². The maximum absolute atomic E-state index is 13.6. The summed E-state index contributed by atoms with van der Waals surface area (Å²) in [6, 6.07) is 6.43. The zero-order valence-electron chi connectivity index (χ0n) is 12.0. The minimum Gasteiger partial charge on any atom is -0.207 e. The molecule has 3 rings (SSSR count). The fourth-order valence-electron chi connectivity index (χ4n) is 2.48. The molecule has 0 amide bonds. The van der Waals surface area contributed by atoms with E-state index in [9.17, 15) is 17.6 Å². The lowest BCUT2D eigenvalue weighted by Crippen LogP contribution is -2.10. The standard InChI is InChI=1S/C18H13F4S/c19-12-6-13(20)9-17(8-12)23(16-4-2-1-3-5-16)18-10-14(21)7-15(22)11-18/h1-2,4,6-11H,3,5H2/q+1. The molecule has 0 atom stereocenters. The highest BCUT2D eigenvalue weighted by molar-refractivity contribution is 8.00. The van der Waals surface area contributed by atoms with Gasteiger partial charge in [0.05, 0.1) is 10.9 Å². The molecule has 0 saturated heterocycles. The quantitative estimate of drug-likeness (QED) is 0.511. The first-order valence-corrected chi connectivity index (χ1v) is 8.27. The summed E-state index contributed by atoms with van der Waals surface area (Å²) in [5, 5.41) is 0. The molecule has 5 heteroatoms. The van der Waals surface area contributed by atoms with E-state index in [1.165, 1.54) is 24.3 Å². The number of hydrogen-bond acceptors (Lipinski definition) is 0. The van der Waals surface area contributed by atoms with Crippen molar-refractivity contribution >= 4 is 10.9 Å². The number of hydrogen-bond donors (Lipinski definition) is 0. The number of benzene rings is 2. The molecule has 2 aromatic rings. The average molecular weight is 337 g/mol. The van der Waals surface area contributed by atoms with Gasteiger partial charge in [0.25, 0.3) is 0 Å². The van der Waals surface area contributed by atoms with Crippen molar-refractivity contribution in [3.8, 4) is 0 Å². The van der Waals surface area contributed by atoms with E-state index in [2.05, 4.69) is 0 Å². The van der Waals surface area contributed by atoms with Gasteiger partial charge in [-0.15, -0.1) is 0 Å². The SMILES string of the molecule is Fc1cc(F)cc([S+](C2=CC=CCC2)c2cc(F)cc(F)c2)c1. The average Bonchev–Trinajstić information content (AvgIpc) is 2.46. The first-order chi connectivity index (χ1) is 11.0. The van der Waals surface area contributed by atoms with Crippen LogP contribution >= 0.6 is 0 Å². The Morgan fingerprint density at radius 1 is 0.696 bits per heavy atom. The van der Waals surface area contributed by atoms with Crippen LogP contribution in [0.15, 0.2) is 69.3 Å². The molecule has 0 spiro atoms.